The number of amides is 1. The molecule has 0 aromatic rings. The second-order valence-corrected chi connectivity index (χ2v) is 3.85. The normalized spacial score (nSPS) is 9.81. The first-order valence-corrected chi connectivity index (χ1v) is 5.64. The van der Waals surface area contributed by atoms with Crippen molar-refractivity contribution in [2.75, 3.05) is 13.6 Å². The van der Waals surface area contributed by atoms with Gasteiger partial charge in [0.25, 0.3) is 0 Å². The molecular weight excluding hydrogens is 206 g/mol. The van der Waals surface area contributed by atoms with Gasteiger partial charge in [-0.3, -0.25) is 9.59 Å². The van der Waals surface area contributed by atoms with Crippen LogP contribution in [0.15, 0.2) is 12.7 Å². The number of rotatable bonds is 9. The molecule has 4 nitrogen and oxygen atoms in total. The van der Waals surface area contributed by atoms with Gasteiger partial charge in [-0.2, -0.15) is 0 Å². The number of aliphatic carboxylic acids is 1. The Bertz CT molecular complexity index is 238. The molecule has 0 aromatic heterocycles. The van der Waals surface area contributed by atoms with E-state index in [1.807, 2.05) is 6.08 Å². The number of carboxylic acids is 1. The fourth-order valence-electron chi connectivity index (χ4n) is 1.32. The van der Waals surface area contributed by atoms with E-state index in [1.54, 1.807) is 7.05 Å². The molecule has 1 amide bonds. The molecule has 0 fully saturated rings. The van der Waals surface area contributed by atoms with Crippen LogP contribution in [-0.4, -0.2) is 35.5 Å². The highest BCUT2D eigenvalue weighted by atomic mass is 16.4. The third-order valence-electron chi connectivity index (χ3n) is 2.39. The topological polar surface area (TPSA) is 57.6 Å². The molecule has 0 saturated heterocycles. The van der Waals surface area contributed by atoms with Gasteiger partial charge in [0.2, 0.25) is 5.91 Å². The highest BCUT2D eigenvalue weighted by Gasteiger charge is 2.09. The van der Waals surface area contributed by atoms with Gasteiger partial charge in [0.1, 0.15) is 0 Å². The standard InChI is InChI=1S/C12H21NO3/c1-3-4-5-6-7-8-11(14)13(2)10-9-12(15)16/h3H,1,4-10H2,2H3,(H,15,16). The van der Waals surface area contributed by atoms with Crippen molar-refractivity contribution in [3.63, 3.8) is 0 Å². The van der Waals surface area contributed by atoms with E-state index in [9.17, 15) is 9.59 Å². The highest BCUT2D eigenvalue weighted by molar-refractivity contribution is 5.76. The zero-order chi connectivity index (χ0) is 12.4. The summed E-state index contributed by atoms with van der Waals surface area (Å²) in [6.07, 6.45) is 6.33. The van der Waals surface area contributed by atoms with Gasteiger partial charge in [0, 0.05) is 20.0 Å². The predicted molar refractivity (Wildman–Crippen MR) is 63.2 cm³/mol. The second kappa shape index (κ2) is 8.95. The average Bonchev–Trinajstić information content (AvgIpc) is 2.25. The second-order valence-electron chi connectivity index (χ2n) is 3.85. The zero-order valence-corrected chi connectivity index (χ0v) is 9.95. The number of carbonyl (C=O) groups is 2. The van der Waals surface area contributed by atoms with Crippen molar-refractivity contribution in [1.29, 1.82) is 0 Å². The van der Waals surface area contributed by atoms with Crippen molar-refractivity contribution in [3.8, 4) is 0 Å². The Balaban J connectivity index is 3.54. The summed E-state index contributed by atoms with van der Waals surface area (Å²) >= 11 is 0. The van der Waals surface area contributed by atoms with Crippen LogP contribution >= 0.6 is 0 Å². The molecular formula is C12H21NO3. The molecule has 0 radical (unpaired) electrons. The minimum absolute atomic E-state index is 0.0126. The van der Waals surface area contributed by atoms with E-state index >= 15 is 0 Å². The van der Waals surface area contributed by atoms with Gasteiger partial charge < -0.3 is 10.0 Å². The van der Waals surface area contributed by atoms with Crippen LogP contribution in [0.1, 0.15) is 38.5 Å². The van der Waals surface area contributed by atoms with Gasteiger partial charge in [0.15, 0.2) is 0 Å². The first-order valence-electron chi connectivity index (χ1n) is 5.64. The Labute approximate surface area is 96.9 Å². The summed E-state index contributed by atoms with van der Waals surface area (Å²) in [6, 6.07) is 0. The van der Waals surface area contributed by atoms with Crippen molar-refractivity contribution in [1.82, 2.24) is 4.90 Å². The summed E-state index contributed by atoms with van der Waals surface area (Å²) in [5.74, 6) is -0.842. The molecule has 92 valence electrons. The largest absolute Gasteiger partial charge is 0.481 e. The average molecular weight is 227 g/mol. The van der Waals surface area contributed by atoms with E-state index in [-0.39, 0.29) is 12.3 Å². The van der Waals surface area contributed by atoms with Gasteiger partial charge >= 0.3 is 5.97 Å². The van der Waals surface area contributed by atoms with Gasteiger partial charge in [0.05, 0.1) is 6.42 Å². The van der Waals surface area contributed by atoms with Crippen LogP contribution in [0.25, 0.3) is 0 Å². The Morgan fingerprint density at radius 1 is 1.25 bits per heavy atom. The van der Waals surface area contributed by atoms with Crippen LogP contribution in [-0.2, 0) is 9.59 Å². The number of carboxylic acid groups (broad SMARTS) is 1. The van der Waals surface area contributed by atoms with Gasteiger partial charge in [-0.15, -0.1) is 6.58 Å². The molecule has 0 heterocycles. The zero-order valence-electron chi connectivity index (χ0n) is 9.95. The highest BCUT2D eigenvalue weighted by Crippen LogP contribution is 2.05. The predicted octanol–water partition coefficient (Wildman–Crippen LogP) is 2.06. The molecule has 0 aliphatic rings. The fourth-order valence-corrected chi connectivity index (χ4v) is 1.32. The molecule has 1 N–H and O–H groups in total. The maximum atomic E-state index is 11.5. The number of nitrogens with zero attached hydrogens (tertiary/aromatic N) is 1. The number of allylic oxidation sites excluding steroid dienone is 1. The van der Waals surface area contributed by atoms with Crippen molar-refractivity contribution in [2.24, 2.45) is 0 Å². The molecule has 0 saturated carbocycles. The van der Waals surface area contributed by atoms with Gasteiger partial charge in [-0.05, 0) is 19.3 Å². The molecule has 0 atom stereocenters. The SMILES string of the molecule is C=CCCCCCC(=O)N(C)CCC(=O)O. The summed E-state index contributed by atoms with van der Waals surface area (Å²) in [5.41, 5.74) is 0. The maximum absolute atomic E-state index is 11.5. The summed E-state index contributed by atoms with van der Waals surface area (Å²) in [7, 11) is 1.65. The molecule has 0 spiro atoms. The van der Waals surface area contributed by atoms with E-state index in [4.69, 9.17) is 5.11 Å². The smallest absolute Gasteiger partial charge is 0.305 e. The third-order valence-corrected chi connectivity index (χ3v) is 2.39. The minimum Gasteiger partial charge on any atom is -0.481 e. The lowest BCUT2D eigenvalue weighted by Crippen LogP contribution is -2.28. The maximum Gasteiger partial charge on any atom is 0.305 e. The van der Waals surface area contributed by atoms with Crippen LogP contribution in [0.5, 0.6) is 0 Å². The van der Waals surface area contributed by atoms with Crippen molar-refractivity contribution < 1.29 is 14.7 Å². The summed E-state index contributed by atoms with van der Waals surface area (Å²) in [4.78, 5) is 23.3. The van der Waals surface area contributed by atoms with E-state index in [0.717, 1.165) is 25.7 Å². The minimum atomic E-state index is -0.870. The molecule has 0 unspecified atom stereocenters. The van der Waals surface area contributed by atoms with E-state index in [2.05, 4.69) is 6.58 Å². The van der Waals surface area contributed by atoms with Crippen LogP contribution in [0.2, 0.25) is 0 Å². The van der Waals surface area contributed by atoms with E-state index in [0.29, 0.717) is 13.0 Å². The summed E-state index contributed by atoms with van der Waals surface area (Å²) in [5, 5.41) is 8.47. The molecule has 0 aliphatic carbocycles. The van der Waals surface area contributed by atoms with Gasteiger partial charge in [-0.25, -0.2) is 0 Å². The first kappa shape index (κ1) is 14.7. The molecule has 0 aliphatic heterocycles. The van der Waals surface area contributed by atoms with Crippen molar-refractivity contribution >= 4 is 11.9 Å². The quantitative estimate of drug-likeness (QED) is 0.484. The number of hydrogen-bond donors (Lipinski definition) is 1. The van der Waals surface area contributed by atoms with Crippen LogP contribution in [0.3, 0.4) is 0 Å². The van der Waals surface area contributed by atoms with E-state index in [1.165, 1.54) is 4.90 Å². The fraction of sp³-hybridized carbons (Fsp3) is 0.667. The number of carbonyl (C=O) groups excluding carboxylic acids is 1. The Hall–Kier alpha value is -1.32. The van der Waals surface area contributed by atoms with Crippen LogP contribution in [0.4, 0.5) is 0 Å². The first-order chi connectivity index (χ1) is 7.57. The molecule has 16 heavy (non-hydrogen) atoms. The molecule has 0 bridgehead atoms. The summed E-state index contributed by atoms with van der Waals surface area (Å²) < 4.78 is 0. The lowest BCUT2D eigenvalue weighted by molar-refractivity contribution is -0.138. The number of unbranched alkanes of at least 4 members (excludes halogenated alkanes) is 3. The Morgan fingerprint density at radius 3 is 2.50 bits per heavy atom. The molecule has 0 rings (SSSR count). The van der Waals surface area contributed by atoms with Gasteiger partial charge in [-0.1, -0.05) is 12.5 Å². The van der Waals surface area contributed by atoms with Crippen LogP contribution < -0.4 is 0 Å². The lowest BCUT2D eigenvalue weighted by Gasteiger charge is -2.15. The number of hydrogen-bond acceptors (Lipinski definition) is 2. The summed E-state index contributed by atoms with van der Waals surface area (Å²) in [6.45, 7) is 3.92. The monoisotopic (exact) mass is 227 g/mol. The lowest BCUT2D eigenvalue weighted by atomic mass is 10.1. The molecule has 4 heteroatoms. The van der Waals surface area contributed by atoms with Crippen molar-refractivity contribution in [3.05, 3.63) is 12.7 Å². The van der Waals surface area contributed by atoms with E-state index < -0.39 is 5.97 Å². The third kappa shape index (κ3) is 8.03. The Morgan fingerprint density at radius 2 is 1.94 bits per heavy atom. The van der Waals surface area contributed by atoms with Crippen molar-refractivity contribution in [2.45, 2.75) is 38.5 Å². The van der Waals surface area contributed by atoms with Crippen LogP contribution in [0, 0.1) is 0 Å². The molecule has 0 aromatic carbocycles. The Kier molecular flexibility index (Phi) is 8.21.